The lowest BCUT2D eigenvalue weighted by atomic mass is 10.3. The normalized spacial score (nSPS) is 10.0. The van der Waals surface area contributed by atoms with Gasteiger partial charge < -0.3 is 15.3 Å². The maximum atomic E-state index is 11.7. The smallest absolute Gasteiger partial charge is 0.305 e. The molecule has 0 aliphatic carbocycles. The van der Waals surface area contributed by atoms with E-state index in [9.17, 15) is 14.4 Å². The molecule has 0 aliphatic rings. The highest BCUT2D eigenvalue weighted by molar-refractivity contribution is 7.99. The molecule has 0 saturated heterocycles. The van der Waals surface area contributed by atoms with E-state index in [-0.39, 0.29) is 30.5 Å². The van der Waals surface area contributed by atoms with Crippen molar-refractivity contribution in [2.75, 3.05) is 30.4 Å². The largest absolute Gasteiger partial charge is 0.481 e. The molecular formula is C15H20N2O4S. The third-order valence-electron chi connectivity index (χ3n) is 2.84. The van der Waals surface area contributed by atoms with Crippen LogP contribution in [-0.4, -0.2) is 52.9 Å². The second kappa shape index (κ2) is 9.83. The van der Waals surface area contributed by atoms with E-state index in [0.29, 0.717) is 12.2 Å². The molecule has 0 atom stereocenters. The molecule has 1 aromatic rings. The molecule has 2 N–H and O–H groups in total. The molecule has 0 saturated carbocycles. The number of thioether (sulfide) groups is 1. The fraction of sp³-hybridized carbons (Fsp3) is 0.400. The maximum absolute atomic E-state index is 11.7. The predicted octanol–water partition coefficient (Wildman–Crippen LogP) is 1.68. The summed E-state index contributed by atoms with van der Waals surface area (Å²) in [4.78, 5) is 35.2. The number of carbonyl (C=O) groups is 3. The van der Waals surface area contributed by atoms with Gasteiger partial charge in [-0.25, -0.2) is 0 Å². The number of carbonyl (C=O) groups excluding carboxylic acids is 2. The molecule has 0 heterocycles. The number of anilines is 1. The Labute approximate surface area is 133 Å². The van der Waals surface area contributed by atoms with Crippen LogP contribution in [-0.2, 0) is 14.4 Å². The van der Waals surface area contributed by atoms with Crippen molar-refractivity contribution in [2.45, 2.75) is 12.8 Å². The van der Waals surface area contributed by atoms with Crippen molar-refractivity contribution in [3.05, 3.63) is 30.3 Å². The highest BCUT2D eigenvalue weighted by Gasteiger charge is 2.10. The summed E-state index contributed by atoms with van der Waals surface area (Å²) in [5, 5.41) is 11.3. The number of nitrogens with zero attached hydrogens (tertiary/aromatic N) is 1. The molecule has 0 spiro atoms. The van der Waals surface area contributed by atoms with Crippen molar-refractivity contribution in [3.8, 4) is 0 Å². The zero-order valence-corrected chi connectivity index (χ0v) is 13.3. The van der Waals surface area contributed by atoms with Crippen molar-refractivity contribution in [1.29, 1.82) is 0 Å². The van der Waals surface area contributed by atoms with Gasteiger partial charge in [-0.15, -0.1) is 0 Å². The van der Waals surface area contributed by atoms with Crippen LogP contribution in [0.1, 0.15) is 12.8 Å². The SMILES string of the molecule is CN(CCC(=O)O)C(=O)CCSCC(=O)Nc1ccccc1. The minimum absolute atomic E-state index is 0.0607. The zero-order valence-electron chi connectivity index (χ0n) is 12.4. The van der Waals surface area contributed by atoms with Crippen molar-refractivity contribution in [1.82, 2.24) is 4.90 Å². The van der Waals surface area contributed by atoms with Crippen LogP contribution >= 0.6 is 11.8 Å². The van der Waals surface area contributed by atoms with E-state index in [1.165, 1.54) is 16.7 Å². The molecule has 7 heteroatoms. The van der Waals surface area contributed by atoms with Gasteiger partial charge >= 0.3 is 5.97 Å². The van der Waals surface area contributed by atoms with Gasteiger partial charge in [0.2, 0.25) is 11.8 Å². The summed E-state index contributed by atoms with van der Waals surface area (Å²) in [6, 6.07) is 9.17. The van der Waals surface area contributed by atoms with Gasteiger partial charge in [0.15, 0.2) is 0 Å². The molecule has 6 nitrogen and oxygen atoms in total. The monoisotopic (exact) mass is 324 g/mol. The summed E-state index contributed by atoms with van der Waals surface area (Å²) >= 11 is 1.37. The zero-order chi connectivity index (χ0) is 16.4. The Balaban J connectivity index is 2.15. The van der Waals surface area contributed by atoms with Crippen LogP contribution in [0.4, 0.5) is 5.69 Å². The van der Waals surface area contributed by atoms with E-state index in [2.05, 4.69) is 5.32 Å². The quantitative estimate of drug-likeness (QED) is 0.675. The van der Waals surface area contributed by atoms with E-state index in [1.807, 2.05) is 30.3 Å². The molecule has 0 unspecified atom stereocenters. The summed E-state index contributed by atoms with van der Waals surface area (Å²) in [6.07, 6.45) is 0.230. The van der Waals surface area contributed by atoms with Crippen LogP contribution < -0.4 is 5.32 Å². The molecule has 0 fully saturated rings. The average Bonchev–Trinajstić information content (AvgIpc) is 2.49. The van der Waals surface area contributed by atoms with Gasteiger partial charge in [-0.05, 0) is 12.1 Å². The first-order valence-electron chi connectivity index (χ1n) is 6.87. The van der Waals surface area contributed by atoms with E-state index in [0.717, 1.165) is 5.69 Å². The van der Waals surface area contributed by atoms with Crippen LogP contribution in [0.25, 0.3) is 0 Å². The molecule has 1 rings (SSSR count). The molecule has 0 bridgehead atoms. The number of hydrogen-bond acceptors (Lipinski definition) is 4. The average molecular weight is 324 g/mol. The number of benzene rings is 1. The lowest BCUT2D eigenvalue weighted by Crippen LogP contribution is -2.29. The highest BCUT2D eigenvalue weighted by atomic mass is 32.2. The van der Waals surface area contributed by atoms with Gasteiger partial charge in [-0.1, -0.05) is 18.2 Å². The number of rotatable bonds is 9. The van der Waals surface area contributed by atoms with E-state index >= 15 is 0 Å². The Morgan fingerprint density at radius 1 is 1.18 bits per heavy atom. The molecule has 0 aromatic heterocycles. The number of amides is 2. The first kappa shape index (κ1) is 18.0. The van der Waals surface area contributed by atoms with Crippen molar-refractivity contribution >= 4 is 35.2 Å². The fourth-order valence-electron chi connectivity index (χ4n) is 1.62. The van der Waals surface area contributed by atoms with Crippen LogP contribution in [0.3, 0.4) is 0 Å². The Morgan fingerprint density at radius 3 is 2.50 bits per heavy atom. The summed E-state index contributed by atoms with van der Waals surface area (Å²) in [5.41, 5.74) is 0.748. The molecule has 1 aromatic carbocycles. The molecule has 2 amide bonds. The van der Waals surface area contributed by atoms with E-state index < -0.39 is 5.97 Å². The number of hydrogen-bond donors (Lipinski definition) is 2. The Morgan fingerprint density at radius 2 is 1.86 bits per heavy atom. The molecule has 0 radical (unpaired) electrons. The van der Waals surface area contributed by atoms with E-state index in [1.54, 1.807) is 7.05 Å². The van der Waals surface area contributed by atoms with E-state index in [4.69, 9.17) is 5.11 Å². The minimum atomic E-state index is -0.924. The summed E-state index contributed by atoms with van der Waals surface area (Å²) in [5.74, 6) is -0.342. The van der Waals surface area contributed by atoms with Crippen molar-refractivity contribution < 1.29 is 19.5 Å². The van der Waals surface area contributed by atoms with Gasteiger partial charge in [0, 0.05) is 31.5 Å². The van der Waals surface area contributed by atoms with Gasteiger partial charge in [0.1, 0.15) is 0 Å². The fourth-order valence-corrected chi connectivity index (χ4v) is 2.34. The highest BCUT2D eigenvalue weighted by Crippen LogP contribution is 2.08. The summed E-state index contributed by atoms with van der Waals surface area (Å²) in [7, 11) is 1.58. The van der Waals surface area contributed by atoms with Crippen molar-refractivity contribution in [3.63, 3.8) is 0 Å². The number of carboxylic acids is 1. The minimum Gasteiger partial charge on any atom is -0.481 e. The number of carboxylic acid groups (broad SMARTS) is 1. The summed E-state index contributed by atoms with van der Waals surface area (Å²) < 4.78 is 0. The Bertz CT molecular complexity index is 508. The van der Waals surface area contributed by atoms with Gasteiger partial charge in [-0.2, -0.15) is 11.8 Å². The van der Waals surface area contributed by atoms with Crippen LogP contribution in [0.5, 0.6) is 0 Å². The van der Waals surface area contributed by atoms with Crippen molar-refractivity contribution in [2.24, 2.45) is 0 Å². The molecular weight excluding hydrogens is 304 g/mol. The standard InChI is InChI=1S/C15H20N2O4S/c1-17(9-7-15(20)21)14(19)8-10-22-11-13(18)16-12-5-3-2-4-6-12/h2-6H,7-11H2,1H3,(H,16,18)(H,20,21). The second-order valence-electron chi connectivity index (χ2n) is 4.68. The predicted molar refractivity (Wildman–Crippen MR) is 86.9 cm³/mol. The number of aliphatic carboxylic acids is 1. The maximum Gasteiger partial charge on any atom is 0.305 e. The van der Waals surface area contributed by atoms with Crippen LogP contribution in [0.2, 0.25) is 0 Å². The topological polar surface area (TPSA) is 86.7 Å². The number of para-hydroxylation sites is 1. The lowest BCUT2D eigenvalue weighted by Gasteiger charge is -2.15. The first-order valence-corrected chi connectivity index (χ1v) is 8.03. The molecule has 22 heavy (non-hydrogen) atoms. The van der Waals surface area contributed by atoms with Gasteiger partial charge in [-0.3, -0.25) is 14.4 Å². The number of nitrogens with one attached hydrogen (secondary N) is 1. The van der Waals surface area contributed by atoms with Gasteiger partial charge in [0.05, 0.1) is 12.2 Å². The Kier molecular flexibility index (Phi) is 8.06. The molecule has 120 valence electrons. The Hall–Kier alpha value is -2.02. The van der Waals surface area contributed by atoms with Crippen LogP contribution in [0, 0.1) is 0 Å². The molecule has 0 aliphatic heterocycles. The lowest BCUT2D eigenvalue weighted by molar-refractivity contribution is -0.138. The van der Waals surface area contributed by atoms with Gasteiger partial charge in [0.25, 0.3) is 0 Å². The second-order valence-corrected chi connectivity index (χ2v) is 5.78. The van der Waals surface area contributed by atoms with Crippen LogP contribution in [0.15, 0.2) is 30.3 Å². The third kappa shape index (κ3) is 7.68. The summed E-state index contributed by atoms with van der Waals surface area (Å²) in [6.45, 7) is 0.202. The first-order chi connectivity index (χ1) is 10.5. The third-order valence-corrected chi connectivity index (χ3v) is 3.80.